The number of halogens is 3. The van der Waals surface area contributed by atoms with Gasteiger partial charge in [-0.15, -0.1) is 0 Å². The predicted octanol–water partition coefficient (Wildman–Crippen LogP) is 7.78. The van der Waals surface area contributed by atoms with Crippen LogP contribution in [0.3, 0.4) is 0 Å². The van der Waals surface area contributed by atoms with Gasteiger partial charge in [0, 0.05) is 26.9 Å². The smallest absolute Gasteiger partial charge is 0.137 e. The second-order valence-electron chi connectivity index (χ2n) is 6.20. The fourth-order valence-electron chi connectivity index (χ4n) is 2.88. The van der Waals surface area contributed by atoms with Crippen LogP contribution in [0.5, 0.6) is 0 Å². The first-order valence-electron chi connectivity index (χ1n) is 8.64. The molecule has 0 aliphatic rings. The van der Waals surface area contributed by atoms with E-state index in [0.717, 1.165) is 32.8 Å². The first-order chi connectivity index (χ1) is 13.6. The number of rotatable bonds is 4. The van der Waals surface area contributed by atoms with E-state index in [1.54, 1.807) is 6.07 Å². The lowest BCUT2D eigenvalue weighted by molar-refractivity contribution is 1.03. The molecular formula is C23H15BrCl2N2. The summed E-state index contributed by atoms with van der Waals surface area (Å²) in [7, 11) is 0. The molecule has 3 aromatic carbocycles. The maximum atomic E-state index is 6.40. The zero-order valence-corrected chi connectivity index (χ0v) is 17.8. The Kier molecular flexibility index (Phi) is 5.67. The van der Waals surface area contributed by atoms with Crippen molar-refractivity contribution in [3.63, 3.8) is 0 Å². The molecule has 5 heteroatoms. The highest BCUT2D eigenvalue weighted by molar-refractivity contribution is 9.10. The molecule has 1 aromatic heterocycles. The third kappa shape index (κ3) is 4.22. The van der Waals surface area contributed by atoms with Gasteiger partial charge in [0.25, 0.3) is 0 Å². The summed E-state index contributed by atoms with van der Waals surface area (Å²) < 4.78 is 3.10. The molecule has 0 spiro atoms. The van der Waals surface area contributed by atoms with E-state index in [2.05, 4.69) is 20.5 Å². The van der Waals surface area contributed by atoms with Gasteiger partial charge >= 0.3 is 0 Å². The van der Waals surface area contributed by atoms with Gasteiger partial charge in [-0.05, 0) is 54.1 Å². The van der Waals surface area contributed by atoms with Crippen LogP contribution in [0.2, 0.25) is 10.0 Å². The van der Waals surface area contributed by atoms with Crippen molar-refractivity contribution in [1.82, 2.24) is 9.55 Å². The van der Waals surface area contributed by atoms with E-state index in [4.69, 9.17) is 28.2 Å². The SMILES string of the molecule is Clc1ccc(-c2cn(-c3ccccc3)c(/C=C/c3ccc(Br)cc3)n2)c(Cl)c1. The van der Waals surface area contributed by atoms with E-state index in [1.165, 1.54) is 0 Å². The maximum Gasteiger partial charge on any atom is 0.137 e. The Balaban J connectivity index is 1.79. The fourth-order valence-corrected chi connectivity index (χ4v) is 3.65. The predicted molar refractivity (Wildman–Crippen MR) is 122 cm³/mol. The zero-order chi connectivity index (χ0) is 19.5. The van der Waals surface area contributed by atoms with Crippen LogP contribution in [-0.4, -0.2) is 9.55 Å². The van der Waals surface area contributed by atoms with Gasteiger partial charge in [-0.1, -0.05) is 75.5 Å². The quantitative estimate of drug-likeness (QED) is 0.298. The molecule has 4 aromatic rings. The van der Waals surface area contributed by atoms with Crippen LogP contribution in [0.15, 0.2) is 83.5 Å². The van der Waals surface area contributed by atoms with Crippen LogP contribution >= 0.6 is 39.1 Å². The zero-order valence-electron chi connectivity index (χ0n) is 14.7. The number of aromatic nitrogens is 2. The summed E-state index contributed by atoms with van der Waals surface area (Å²) in [6, 6.07) is 23.7. The van der Waals surface area contributed by atoms with Crippen molar-refractivity contribution in [2.75, 3.05) is 0 Å². The molecule has 0 amide bonds. The third-order valence-electron chi connectivity index (χ3n) is 4.27. The largest absolute Gasteiger partial charge is 0.300 e. The lowest BCUT2D eigenvalue weighted by Crippen LogP contribution is -1.94. The maximum absolute atomic E-state index is 6.40. The second-order valence-corrected chi connectivity index (χ2v) is 7.96. The number of hydrogen-bond donors (Lipinski definition) is 0. The first-order valence-corrected chi connectivity index (χ1v) is 10.2. The summed E-state index contributed by atoms with van der Waals surface area (Å²) >= 11 is 15.9. The van der Waals surface area contributed by atoms with Crippen molar-refractivity contribution in [2.45, 2.75) is 0 Å². The fraction of sp³-hybridized carbons (Fsp3) is 0. The summed E-state index contributed by atoms with van der Waals surface area (Å²) in [5.41, 5.74) is 3.76. The van der Waals surface area contributed by atoms with E-state index in [1.807, 2.05) is 85.1 Å². The topological polar surface area (TPSA) is 17.8 Å². The van der Waals surface area contributed by atoms with Gasteiger partial charge in [-0.25, -0.2) is 4.98 Å². The van der Waals surface area contributed by atoms with Crippen molar-refractivity contribution in [3.8, 4) is 16.9 Å². The first kappa shape index (κ1) is 19.0. The number of benzene rings is 3. The number of nitrogens with zero attached hydrogens (tertiary/aromatic N) is 2. The Labute approximate surface area is 182 Å². The van der Waals surface area contributed by atoms with Crippen LogP contribution in [0.4, 0.5) is 0 Å². The Morgan fingerprint density at radius 2 is 1.61 bits per heavy atom. The second kappa shape index (κ2) is 8.36. The minimum absolute atomic E-state index is 0.577. The molecule has 2 nitrogen and oxygen atoms in total. The van der Waals surface area contributed by atoms with Crippen LogP contribution < -0.4 is 0 Å². The van der Waals surface area contributed by atoms with Crippen molar-refractivity contribution in [2.24, 2.45) is 0 Å². The van der Waals surface area contributed by atoms with Crippen molar-refractivity contribution < 1.29 is 0 Å². The highest BCUT2D eigenvalue weighted by atomic mass is 79.9. The number of hydrogen-bond acceptors (Lipinski definition) is 1. The highest BCUT2D eigenvalue weighted by Gasteiger charge is 2.12. The van der Waals surface area contributed by atoms with Gasteiger partial charge in [-0.3, -0.25) is 4.57 Å². The van der Waals surface area contributed by atoms with Crippen LogP contribution in [0.25, 0.3) is 29.1 Å². The molecule has 0 fully saturated rings. The number of imidazole rings is 1. The Hall–Kier alpha value is -2.33. The Morgan fingerprint density at radius 1 is 0.857 bits per heavy atom. The molecule has 138 valence electrons. The van der Waals surface area contributed by atoms with Crippen LogP contribution in [0, 0.1) is 0 Å². The molecular weight excluding hydrogens is 455 g/mol. The van der Waals surface area contributed by atoms with Gasteiger partial charge in [0.15, 0.2) is 0 Å². The minimum Gasteiger partial charge on any atom is -0.300 e. The Bertz CT molecular complexity index is 1130. The van der Waals surface area contributed by atoms with E-state index >= 15 is 0 Å². The summed E-state index contributed by atoms with van der Waals surface area (Å²) in [6.07, 6.45) is 6.04. The molecule has 0 N–H and O–H groups in total. The molecule has 0 saturated carbocycles. The summed E-state index contributed by atoms with van der Waals surface area (Å²) in [6.45, 7) is 0. The standard InChI is InChI=1S/C23H15BrCl2N2/c24-17-9-6-16(7-10-17)8-13-23-27-22(20-12-11-18(25)14-21(20)26)15-28(23)19-4-2-1-3-5-19/h1-15H/b13-8+. The average Bonchev–Trinajstić information content (AvgIpc) is 3.12. The molecule has 0 unspecified atom stereocenters. The van der Waals surface area contributed by atoms with Crippen molar-refractivity contribution in [1.29, 1.82) is 0 Å². The molecule has 4 rings (SSSR count). The summed E-state index contributed by atoms with van der Waals surface area (Å²) in [5.74, 6) is 0.815. The molecule has 0 aliphatic heterocycles. The molecule has 28 heavy (non-hydrogen) atoms. The van der Waals surface area contributed by atoms with E-state index in [-0.39, 0.29) is 0 Å². The average molecular weight is 470 g/mol. The lowest BCUT2D eigenvalue weighted by atomic mass is 10.2. The molecule has 0 saturated heterocycles. The molecule has 0 aliphatic carbocycles. The molecule has 0 radical (unpaired) electrons. The van der Waals surface area contributed by atoms with Gasteiger partial charge in [0.1, 0.15) is 5.82 Å². The van der Waals surface area contributed by atoms with Crippen LogP contribution in [0.1, 0.15) is 11.4 Å². The lowest BCUT2D eigenvalue weighted by Gasteiger charge is -2.04. The van der Waals surface area contributed by atoms with E-state index < -0.39 is 0 Å². The van der Waals surface area contributed by atoms with Gasteiger partial charge in [0.2, 0.25) is 0 Å². The number of para-hydroxylation sites is 1. The van der Waals surface area contributed by atoms with Gasteiger partial charge in [-0.2, -0.15) is 0 Å². The van der Waals surface area contributed by atoms with Crippen LogP contribution in [-0.2, 0) is 0 Å². The van der Waals surface area contributed by atoms with Gasteiger partial charge in [0.05, 0.1) is 10.7 Å². The molecule has 0 atom stereocenters. The normalized spacial score (nSPS) is 11.2. The molecule has 0 bridgehead atoms. The van der Waals surface area contributed by atoms with Crippen molar-refractivity contribution in [3.05, 3.63) is 105 Å². The highest BCUT2D eigenvalue weighted by Crippen LogP contribution is 2.31. The third-order valence-corrected chi connectivity index (χ3v) is 5.35. The van der Waals surface area contributed by atoms with E-state index in [0.29, 0.717) is 10.0 Å². The Morgan fingerprint density at radius 3 is 2.32 bits per heavy atom. The molecule has 1 heterocycles. The minimum atomic E-state index is 0.577. The van der Waals surface area contributed by atoms with Gasteiger partial charge < -0.3 is 0 Å². The summed E-state index contributed by atoms with van der Waals surface area (Å²) in [5, 5.41) is 1.18. The van der Waals surface area contributed by atoms with E-state index in [9.17, 15) is 0 Å². The van der Waals surface area contributed by atoms with Crippen molar-refractivity contribution >= 4 is 51.3 Å². The monoisotopic (exact) mass is 468 g/mol. The summed E-state index contributed by atoms with van der Waals surface area (Å²) in [4.78, 5) is 4.82.